The summed E-state index contributed by atoms with van der Waals surface area (Å²) < 4.78 is 10.4. The number of benzene rings is 1. The lowest BCUT2D eigenvalue weighted by Gasteiger charge is -2.18. The molecule has 18 heavy (non-hydrogen) atoms. The van der Waals surface area contributed by atoms with E-state index in [1.807, 2.05) is 42.3 Å². The van der Waals surface area contributed by atoms with Crippen LogP contribution in [0.3, 0.4) is 0 Å². The minimum atomic E-state index is 0.355. The first-order chi connectivity index (χ1) is 8.72. The van der Waals surface area contributed by atoms with Crippen molar-refractivity contribution < 1.29 is 13.9 Å². The lowest BCUT2D eigenvalue weighted by Crippen LogP contribution is -2.15. The molecular weight excluding hydrogens is 230 g/mol. The highest BCUT2D eigenvalue weighted by atomic mass is 16.5. The molecule has 0 unspecified atom stereocenters. The van der Waals surface area contributed by atoms with Gasteiger partial charge in [-0.05, 0) is 36.4 Å². The Hall–Kier alpha value is -2.23. The molecule has 0 spiro atoms. The molecule has 0 aliphatic carbocycles. The molecule has 0 amide bonds. The summed E-state index contributed by atoms with van der Waals surface area (Å²) in [5, 5.41) is 0. The summed E-state index contributed by atoms with van der Waals surface area (Å²) >= 11 is 0. The third kappa shape index (κ3) is 2.71. The predicted octanol–water partition coefficient (Wildman–Crippen LogP) is 2.74. The molecule has 4 heteroatoms. The Kier molecular flexibility index (Phi) is 3.67. The van der Waals surface area contributed by atoms with E-state index in [9.17, 15) is 4.79 Å². The van der Waals surface area contributed by atoms with E-state index in [0.717, 1.165) is 17.2 Å². The SMILES string of the molecule is COc1ccc(N(C)Cc2ccc(C=O)o2)cc1. The highest BCUT2D eigenvalue weighted by Gasteiger charge is 2.06. The van der Waals surface area contributed by atoms with Crippen molar-refractivity contribution in [3.05, 3.63) is 47.9 Å². The van der Waals surface area contributed by atoms with E-state index in [2.05, 4.69) is 0 Å². The largest absolute Gasteiger partial charge is 0.497 e. The molecule has 0 bridgehead atoms. The van der Waals surface area contributed by atoms with E-state index in [0.29, 0.717) is 18.6 Å². The van der Waals surface area contributed by atoms with Crippen molar-refractivity contribution in [2.45, 2.75) is 6.54 Å². The molecule has 0 saturated carbocycles. The second-order valence-corrected chi connectivity index (χ2v) is 3.98. The molecule has 1 aromatic carbocycles. The van der Waals surface area contributed by atoms with Gasteiger partial charge in [-0.1, -0.05) is 0 Å². The zero-order valence-electron chi connectivity index (χ0n) is 10.4. The van der Waals surface area contributed by atoms with Crippen LogP contribution >= 0.6 is 0 Å². The number of carbonyl (C=O) groups excluding carboxylic acids is 1. The maximum Gasteiger partial charge on any atom is 0.185 e. The highest BCUT2D eigenvalue weighted by molar-refractivity contribution is 5.70. The third-order valence-corrected chi connectivity index (χ3v) is 2.70. The van der Waals surface area contributed by atoms with Gasteiger partial charge >= 0.3 is 0 Å². The van der Waals surface area contributed by atoms with Crippen molar-refractivity contribution in [2.24, 2.45) is 0 Å². The Balaban J connectivity index is 2.06. The molecule has 0 aliphatic rings. The van der Waals surface area contributed by atoms with Crippen molar-refractivity contribution in [1.29, 1.82) is 0 Å². The average Bonchev–Trinajstić information content (AvgIpc) is 2.86. The van der Waals surface area contributed by atoms with Gasteiger partial charge in [-0.15, -0.1) is 0 Å². The monoisotopic (exact) mass is 245 g/mol. The number of methoxy groups -OCH3 is 1. The Bertz CT molecular complexity index is 516. The maximum atomic E-state index is 10.5. The first-order valence-electron chi connectivity index (χ1n) is 5.62. The Morgan fingerprint density at radius 1 is 1.22 bits per heavy atom. The van der Waals surface area contributed by atoms with Gasteiger partial charge in [0.05, 0.1) is 13.7 Å². The number of furan rings is 1. The van der Waals surface area contributed by atoms with Crippen LogP contribution in [0.4, 0.5) is 5.69 Å². The Morgan fingerprint density at radius 2 is 1.94 bits per heavy atom. The van der Waals surface area contributed by atoms with Crippen molar-refractivity contribution in [2.75, 3.05) is 19.1 Å². The van der Waals surface area contributed by atoms with E-state index in [4.69, 9.17) is 9.15 Å². The Labute approximate surface area is 106 Å². The van der Waals surface area contributed by atoms with Crippen LogP contribution in [0.15, 0.2) is 40.8 Å². The van der Waals surface area contributed by atoms with E-state index in [1.54, 1.807) is 13.2 Å². The van der Waals surface area contributed by atoms with Crippen LogP contribution in [0.1, 0.15) is 16.3 Å². The van der Waals surface area contributed by atoms with Gasteiger partial charge < -0.3 is 14.1 Å². The lowest BCUT2D eigenvalue weighted by atomic mass is 10.2. The van der Waals surface area contributed by atoms with Gasteiger partial charge in [0.1, 0.15) is 11.5 Å². The van der Waals surface area contributed by atoms with Crippen LogP contribution in [0.5, 0.6) is 5.75 Å². The van der Waals surface area contributed by atoms with Gasteiger partial charge in [-0.25, -0.2) is 0 Å². The number of anilines is 1. The summed E-state index contributed by atoms with van der Waals surface area (Å²) in [5.74, 6) is 1.94. The summed E-state index contributed by atoms with van der Waals surface area (Å²) in [7, 11) is 3.60. The number of hydrogen-bond donors (Lipinski definition) is 0. The fraction of sp³-hybridized carbons (Fsp3) is 0.214. The molecule has 2 aromatic rings. The summed E-state index contributed by atoms with van der Waals surface area (Å²) in [5.41, 5.74) is 1.06. The van der Waals surface area contributed by atoms with Gasteiger partial charge in [0.2, 0.25) is 0 Å². The first-order valence-corrected chi connectivity index (χ1v) is 5.62. The van der Waals surface area contributed by atoms with Crippen LogP contribution in [0.25, 0.3) is 0 Å². The van der Waals surface area contributed by atoms with Crippen LogP contribution in [0, 0.1) is 0 Å². The molecule has 4 nitrogen and oxygen atoms in total. The van der Waals surface area contributed by atoms with E-state index in [-0.39, 0.29) is 0 Å². The second-order valence-electron chi connectivity index (χ2n) is 3.98. The normalized spacial score (nSPS) is 10.1. The number of nitrogens with zero attached hydrogens (tertiary/aromatic N) is 1. The standard InChI is InChI=1S/C14H15NO3/c1-15(9-13-7-8-14(10-16)18-13)11-3-5-12(17-2)6-4-11/h3-8,10H,9H2,1-2H3. The Morgan fingerprint density at radius 3 is 2.50 bits per heavy atom. The van der Waals surface area contributed by atoms with Crippen LogP contribution < -0.4 is 9.64 Å². The quantitative estimate of drug-likeness (QED) is 0.760. The molecule has 0 radical (unpaired) electrons. The summed E-state index contributed by atoms with van der Waals surface area (Å²) in [6.45, 7) is 0.611. The topological polar surface area (TPSA) is 42.7 Å². The number of ether oxygens (including phenoxy) is 1. The summed E-state index contributed by atoms with van der Waals surface area (Å²) in [6.07, 6.45) is 0.705. The van der Waals surface area contributed by atoms with Gasteiger partial charge in [-0.2, -0.15) is 0 Å². The molecule has 2 rings (SSSR count). The van der Waals surface area contributed by atoms with Crippen molar-refractivity contribution in [3.63, 3.8) is 0 Å². The molecule has 94 valence electrons. The summed E-state index contributed by atoms with van der Waals surface area (Å²) in [6, 6.07) is 11.2. The van der Waals surface area contributed by atoms with E-state index < -0.39 is 0 Å². The van der Waals surface area contributed by atoms with E-state index >= 15 is 0 Å². The smallest absolute Gasteiger partial charge is 0.185 e. The molecule has 1 aromatic heterocycles. The highest BCUT2D eigenvalue weighted by Crippen LogP contribution is 2.20. The predicted molar refractivity (Wildman–Crippen MR) is 69.2 cm³/mol. The van der Waals surface area contributed by atoms with Crippen LogP contribution in [0.2, 0.25) is 0 Å². The van der Waals surface area contributed by atoms with Crippen molar-refractivity contribution in [1.82, 2.24) is 0 Å². The number of rotatable bonds is 5. The number of aldehydes is 1. The zero-order valence-corrected chi connectivity index (χ0v) is 10.4. The molecule has 0 N–H and O–H groups in total. The third-order valence-electron chi connectivity index (χ3n) is 2.70. The van der Waals surface area contributed by atoms with Crippen molar-refractivity contribution >= 4 is 12.0 Å². The minimum Gasteiger partial charge on any atom is -0.497 e. The molecule has 0 fully saturated rings. The lowest BCUT2D eigenvalue weighted by molar-refractivity contribution is 0.109. The first kappa shape index (κ1) is 12.2. The van der Waals surface area contributed by atoms with Crippen LogP contribution in [-0.4, -0.2) is 20.4 Å². The fourth-order valence-corrected chi connectivity index (χ4v) is 1.70. The minimum absolute atomic E-state index is 0.355. The number of carbonyl (C=O) groups is 1. The zero-order chi connectivity index (χ0) is 13.0. The van der Waals surface area contributed by atoms with Crippen molar-refractivity contribution in [3.8, 4) is 5.75 Å². The second kappa shape index (κ2) is 5.40. The average molecular weight is 245 g/mol. The maximum absolute atomic E-state index is 10.5. The van der Waals surface area contributed by atoms with E-state index in [1.165, 1.54) is 0 Å². The summed E-state index contributed by atoms with van der Waals surface area (Å²) in [4.78, 5) is 12.6. The molecule has 1 heterocycles. The van der Waals surface area contributed by atoms with Crippen LogP contribution in [-0.2, 0) is 6.54 Å². The van der Waals surface area contributed by atoms with Gasteiger partial charge in [0.25, 0.3) is 0 Å². The van der Waals surface area contributed by atoms with Gasteiger partial charge in [0.15, 0.2) is 12.0 Å². The molecular formula is C14H15NO3. The molecule has 0 aliphatic heterocycles. The number of hydrogen-bond acceptors (Lipinski definition) is 4. The van der Waals surface area contributed by atoms with Gasteiger partial charge in [0, 0.05) is 12.7 Å². The molecule has 0 saturated heterocycles. The van der Waals surface area contributed by atoms with Gasteiger partial charge in [-0.3, -0.25) is 4.79 Å². The molecule has 0 atom stereocenters. The fourth-order valence-electron chi connectivity index (χ4n) is 1.70.